The highest BCUT2D eigenvalue weighted by atomic mass is 32.2. The highest BCUT2D eigenvalue weighted by Gasteiger charge is 2.36. The predicted molar refractivity (Wildman–Crippen MR) is 156 cm³/mol. The smallest absolute Gasteiger partial charge is 0.325 e. The number of ether oxygens (including phenoxy) is 1. The van der Waals surface area contributed by atoms with Crippen LogP contribution in [0.3, 0.4) is 0 Å². The normalized spacial score (nSPS) is 15.1. The molecule has 1 atom stereocenters. The van der Waals surface area contributed by atoms with Crippen molar-refractivity contribution in [3.63, 3.8) is 0 Å². The molecule has 5 rings (SSSR count). The minimum atomic E-state index is -4.03. The van der Waals surface area contributed by atoms with Crippen LogP contribution in [0.4, 0.5) is 10.1 Å². The van der Waals surface area contributed by atoms with Gasteiger partial charge in [0.25, 0.3) is 5.69 Å². The summed E-state index contributed by atoms with van der Waals surface area (Å²) in [5, 5.41) is 11.8. The summed E-state index contributed by atoms with van der Waals surface area (Å²) < 4.78 is 51.0. The average molecular weight is 594 g/mol. The van der Waals surface area contributed by atoms with Crippen LogP contribution in [0.15, 0.2) is 77.7 Å². The lowest BCUT2D eigenvalue weighted by atomic mass is 9.91. The summed E-state index contributed by atoms with van der Waals surface area (Å²) in [5.74, 6) is -0.814. The zero-order valence-electron chi connectivity index (χ0n) is 23.2. The average Bonchev–Trinajstić information content (AvgIpc) is 3.27. The zero-order chi connectivity index (χ0) is 29.9. The molecule has 0 aliphatic heterocycles. The summed E-state index contributed by atoms with van der Waals surface area (Å²) in [6, 6.07) is 18.7. The maximum atomic E-state index is 14.4. The largest absolute Gasteiger partial charge is 0.465 e. The number of nitrogens with zero attached hydrogens (tertiary/aromatic N) is 3. The van der Waals surface area contributed by atoms with Crippen LogP contribution in [0.25, 0.3) is 10.9 Å². The number of hydrogen-bond donors (Lipinski definition) is 0. The summed E-state index contributed by atoms with van der Waals surface area (Å²) in [4.78, 5) is 23.0. The molecule has 4 aromatic rings. The number of aromatic nitrogens is 1. The van der Waals surface area contributed by atoms with Gasteiger partial charge in [-0.2, -0.15) is 4.31 Å². The molecule has 0 spiro atoms. The molecular weight excluding hydrogens is 561 g/mol. The highest BCUT2D eigenvalue weighted by Crippen LogP contribution is 2.36. The summed E-state index contributed by atoms with van der Waals surface area (Å²) in [6.07, 6.45) is 2.56. The SMILES string of the molecule is CCOC(=O)Cn1c2c(c3cc(F)ccc31)C[C@@H](N(CCCc1ccccc1)S(=O)(=O)c1ccc([N+](=O)[O-])cc1)CC2. The van der Waals surface area contributed by atoms with Crippen LogP contribution < -0.4 is 0 Å². The Morgan fingerprint density at radius 3 is 2.55 bits per heavy atom. The number of halogens is 1. The van der Waals surface area contributed by atoms with Gasteiger partial charge in [-0.1, -0.05) is 30.3 Å². The number of fused-ring (bicyclic) bond motifs is 3. The molecule has 0 radical (unpaired) electrons. The maximum absolute atomic E-state index is 14.4. The Labute approximate surface area is 243 Å². The van der Waals surface area contributed by atoms with E-state index < -0.39 is 32.8 Å². The topological polar surface area (TPSA) is 112 Å². The van der Waals surface area contributed by atoms with Gasteiger partial charge in [-0.3, -0.25) is 14.9 Å². The highest BCUT2D eigenvalue weighted by molar-refractivity contribution is 7.89. The van der Waals surface area contributed by atoms with E-state index in [1.807, 2.05) is 34.9 Å². The molecule has 0 amide bonds. The van der Waals surface area contributed by atoms with Gasteiger partial charge in [-0.05, 0) is 80.5 Å². The van der Waals surface area contributed by atoms with E-state index in [2.05, 4.69) is 0 Å². The zero-order valence-corrected chi connectivity index (χ0v) is 24.1. The third-order valence-corrected chi connectivity index (χ3v) is 9.71. The molecule has 0 bridgehead atoms. The Balaban J connectivity index is 1.50. The first kappa shape index (κ1) is 29.4. The van der Waals surface area contributed by atoms with Gasteiger partial charge in [0.05, 0.1) is 16.4 Å². The van der Waals surface area contributed by atoms with E-state index in [1.165, 1.54) is 40.7 Å². The summed E-state index contributed by atoms with van der Waals surface area (Å²) >= 11 is 0. The van der Waals surface area contributed by atoms with Crippen LogP contribution in [-0.2, 0) is 45.4 Å². The fourth-order valence-corrected chi connectivity index (χ4v) is 7.52. The van der Waals surface area contributed by atoms with Crippen molar-refractivity contribution in [1.82, 2.24) is 8.87 Å². The van der Waals surface area contributed by atoms with Crippen LogP contribution in [0.1, 0.15) is 36.6 Å². The van der Waals surface area contributed by atoms with E-state index in [-0.39, 0.29) is 30.3 Å². The van der Waals surface area contributed by atoms with Crippen molar-refractivity contribution >= 4 is 32.6 Å². The molecule has 3 aromatic carbocycles. The number of nitro groups is 1. The third kappa shape index (κ3) is 6.07. The standard InChI is InChI=1S/C31H32FN3O6S/c1-2-41-31(36)21-33-29-16-10-23(32)19-27(29)28-20-25(13-17-30(28)33)34(18-6-9-22-7-4-3-5-8-22)42(39,40)26-14-11-24(12-15-26)35(37)38/h3-5,7-8,10-12,14-16,19,25H,2,6,9,13,17-18,20-21H2,1H3/t25-/m0/s1. The van der Waals surface area contributed by atoms with Crippen molar-refractivity contribution < 1.29 is 27.3 Å². The number of esters is 1. The first-order chi connectivity index (χ1) is 20.2. The van der Waals surface area contributed by atoms with Crippen molar-refractivity contribution in [3.05, 3.63) is 106 Å². The number of aryl methyl sites for hydroxylation is 1. The van der Waals surface area contributed by atoms with Gasteiger partial charge < -0.3 is 9.30 Å². The van der Waals surface area contributed by atoms with E-state index >= 15 is 0 Å². The quantitative estimate of drug-likeness (QED) is 0.130. The Morgan fingerprint density at radius 1 is 1.12 bits per heavy atom. The Hall–Kier alpha value is -4.09. The molecule has 1 heterocycles. The van der Waals surface area contributed by atoms with Crippen molar-refractivity contribution in [2.45, 2.75) is 56.5 Å². The third-order valence-electron chi connectivity index (χ3n) is 7.74. The number of non-ortho nitro benzene ring substituents is 1. The molecule has 11 heteroatoms. The van der Waals surface area contributed by atoms with Crippen molar-refractivity contribution in [3.8, 4) is 0 Å². The van der Waals surface area contributed by atoms with E-state index in [9.17, 15) is 27.7 Å². The lowest BCUT2D eigenvalue weighted by Crippen LogP contribution is -2.44. The van der Waals surface area contributed by atoms with E-state index in [0.29, 0.717) is 43.0 Å². The molecule has 0 N–H and O–H groups in total. The number of carbonyl (C=O) groups is 1. The monoisotopic (exact) mass is 593 g/mol. The molecule has 0 unspecified atom stereocenters. The Kier molecular flexibility index (Phi) is 8.69. The van der Waals surface area contributed by atoms with Crippen molar-refractivity contribution in [1.29, 1.82) is 0 Å². The minimum absolute atomic E-state index is 0.0160. The first-order valence-electron chi connectivity index (χ1n) is 13.9. The van der Waals surface area contributed by atoms with Crippen LogP contribution in [0.5, 0.6) is 0 Å². The number of benzene rings is 3. The Bertz CT molecular complexity index is 1700. The number of rotatable bonds is 11. The van der Waals surface area contributed by atoms with Gasteiger partial charge in [0, 0.05) is 41.3 Å². The summed E-state index contributed by atoms with van der Waals surface area (Å²) in [6.45, 7) is 2.20. The molecule has 220 valence electrons. The Morgan fingerprint density at radius 2 is 1.86 bits per heavy atom. The van der Waals surface area contributed by atoms with Gasteiger partial charge in [0.15, 0.2) is 0 Å². The maximum Gasteiger partial charge on any atom is 0.325 e. The number of hydrogen-bond acceptors (Lipinski definition) is 6. The van der Waals surface area contributed by atoms with Crippen molar-refractivity contribution in [2.24, 2.45) is 0 Å². The fraction of sp³-hybridized carbons (Fsp3) is 0.323. The second-order valence-corrected chi connectivity index (χ2v) is 12.2. The van der Waals surface area contributed by atoms with Gasteiger partial charge in [-0.15, -0.1) is 0 Å². The van der Waals surface area contributed by atoms with Crippen LogP contribution in [0.2, 0.25) is 0 Å². The van der Waals surface area contributed by atoms with Gasteiger partial charge in [-0.25, -0.2) is 12.8 Å². The lowest BCUT2D eigenvalue weighted by Gasteiger charge is -2.34. The van der Waals surface area contributed by atoms with E-state index in [0.717, 1.165) is 16.8 Å². The van der Waals surface area contributed by atoms with Crippen LogP contribution in [-0.4, -0.2) is 47.4 Å². The fourth-order valence-electron chi connectivity index (χ4n) is 5.82. The molecule has 9 nitrogen and oxygen atoms in total. The van der Waals surface area contributed by atoms with Crippen LogP contribution >= 0.6 is 0 Å². The number of carbonyl (C=O) groups excluding carboxylic acids is 1. The number of nitro benzene ring substituents is 1. The summed E-state index contributed by atoms with van der Waals surface area (Å²) in [5.41, 5.74) is 3.29. The first-order valence-corrected chi connectivity index (χ1v) is 15.4. The molecule has 1 aromatic heterocycles. The molecule has 0 saturated carbocycles. The molecular formula is C31H32FN3O6S. The van der Waals surface area contributed by atoms with Crippen LogP contribution in [0, 0.1) is 15.9 Å². The molecule has 42 heavy (non-hydrogen) atoms. The van der Waals surface area contributed by atoms with Gasteiger partial charge in [0.2, 0.25) is 10.0 Å². The lowest BCUT2D eigenvalue weighted by molar-refractivity contribution is -0.384. The van der Waals surface area contributed by atoms with Gasteiger partial charge in [0.1, 0.15) is 12.4 Å². The molecule has 0 fully saturated rings. The van der Waals surface area contributed by atoms with Gasteiger partial charge >= 0.3 is 5.97 Å². The van der Waals surface area contributed by atoms with E-state index in [1.54, 1.807) is 13.0 Å². The second kappa shape index (κ2) is 12.4. The summed E-state index contributed by atoms with van der Waals surface area (Å²) in [7, 11) is -4.03. The number of sulfonamides is 1. The minimum Gasteiger partial charge on any atom is -0.465 e. The predicted octanol–water partition coefficient (Wildman–Crippen LogP) is 5.43. The molecule has 1 aliphatic rings. The van der Waals surface area contributed by atoms with Crippen molar-refractivity contribution in [2.75, 3.05) is 13.2 Å². The molecule has 1 aliphatic carbocycles. The van der Waals surface area contributed by atoms with E-state index in [4.69, 9.17) is 4.74 Å². The second-order valence-electron chi connectivity index (χ2n) is 10.3. The molecule has 0 saturated heterocycles.